The lowest BCUT2D eigenvalue weighted by atomic mass is 10.0. The van der Waals surface area contributed by atoms with Gasteiger partial charge in [0.15, 0.2) is 0 Å². The van der Waals surface area contributed by atoms with Gasteiger partial charge in [0.25, 0.3) is 0 Å². The van der Waals surface area contributed by atoms with Crippen molar-refractivity contribution < 1.29 is 0 Å². The smallest absolute Gasteiger partial charge is 0.209 e. The molecule has 0 saturated carbocycles. The topological polar surface area (TPSA) is 81.3 Å². The minimum Gasteiger partial charge on any atom is -0.369 e. The molecule has 4 aromatic rings. The summed E-state index contributed by atoms with van der Waals surface area (Å²) in [6, 6.07) is 22.3. The van der Waals surface area contributed by atoms with Crippen molar-refractivity contribution in [2.75, 3.05) is 0 Å². The number of benzene rings is 3. The van der Waals surface area contributed by atoms with E-state index in [2.05, 4.69) is 28.3 Å². The van der Waals surface area contributed by atoms with Gasteiger partial charge in [0, 0.05) is 22.7 Å². The largest absolute Gasteiger partial charge is 0.369 e. The van der Waals surface area contributed by atoms with Crippen LogP contribution >= 0.6 is 0 Å². The molecule has 0 spiro atoms. The first-order valence-corrected chi connectivity index (χ1v) is 8.41. The van der Waals surface area contributed by atoms with E-state index in [0.29, 0.717) is 6.54 Å². The highest BCUT2D eigenvalue weighted by atomic mass is 15.5. The van der Waals surface area contributed by atoms with Crippen LogP contribution in [-0.4, -0.2) is 22.2 Å². The molecule has 5 nitrogen and oxygen atoms in total. The van der Waals surface area contributed by atoms with E-state index >= 15 is 0 Å². The van der Waals surface area contributed by atoms with Crippen LogP contribution in [0.1, 0.15) is 11.1 Å². The molecule has 1 heterocycles. The monoisotopic (exact) mass is 341 g/mol. The molecule has 4 rings (SSSR count). The zero-order valence-electron chi connectivity index (χ0n) is 14.2. The number of nitrogens with one attached hydrogen (secondary N) is 2. The van der Waals surface area contributed by atoms with Crippen molar-refractivity contribution in [3.05, 3.63) is 84.1 Å². The van der Waals surface area contributed by atoms with Crippen LogP contribution in [0.4, 0.5) is 0 Å². The summed E-state index contributed by atoms with van der Waals surface area (Å²) in [6.07, 6.45) is 3.65. The fourth-order valence-electron chi connectivity index (χ4n) is 3.11. The lowest BCUT2D eigenvalue weighted by molar-refractivity contribution is 0.435. The number of guanidine groups is 1. The van der Waals surface area contributed by atoms with Gasteiger partial charge in [-0.25, -0.2) is 5.01 Å². The maximum Gasteiger partial charge on any atom is 0.209 e. The summed E-state index contributed by atoms with van der Waals surface area (Å²) >= 11 is 0. The van der Waals surface area contributed by atoms with E-state index in [4.69, 9.17) is 11.1 Å². The van der Waals surface area contributed by atoms with Gasteiger partial charge in [0.05, 0.1) is 12.8 Å². The van der Waals surface area contributed by atoms with Crippen LogP contribution in [0.2, 0.25) is 0 Å². The van der Waals surface area contributed by atoms with Gasteiger partial charge in [0.2, 0.25) is 5.96 Å². The minimum absolute atomic E-state index is 0.0889. The first-order valence-electron chi connectivity index (χ1n) is 8.41. The third-order valence-electron chi connectivity index (χ3n) is 4.44. The normalized spacial score (nSPS) is 11.4. The first kappa shape index (κ1) is 15.9. The Morgan fingerprint density at radius 3 is 2.58 bits per heavy atom. The Bertz CT molecular complexity index is 1100. The third-order valence-corrected chi connectivity index (χ3v) is 4.44. The van der Waals surface area contributed by atoms with E-state index in [0.717, 1.165) is 32.8 Å². The average Bonchev–Trinajstić information content (AvgIpc) is 3.08. The van der Waals surface area contributed by atoms with Crippen LogP contribution in [0, 0.1) is 5.41 Å². The highest BCUT2D eigenvalue weighted by Crippen LogP contribution is 2.20. The number of nitrogens with two attached hydrogens (primary N) is 1. The summed E-state index contributed by atoms with van der Waals surface area (Å²) in [5.74, 6) is -0.0889. The first-order chi connectivity index (χ1) is 12.7. The van der Waals surface area contributed by atoms with Gasteiger partial charge >= 0.3 is 0 Å². The number of hydrazone groups is 1. The number of hydrogen-bond acceptors (Lipinski definition) is 2. The second-order valence-electron chi connectivity index (χ2n) is 6.12. The molecule has 0 amide bonds. The van der Waals surface area contributed by atoms with Crippen LogP contribution in [0.3, 0.4) is 0 Å². The van der Waals surface area contributed by atoms with Crippen LogP contribution in [0.25, 0.3) is 21.7 Å². The molecule has 0 aliphatic carbocycles. The number of nitrogens with zero attached hydrogens (tertiary/aromatic N) is 2. The van der Waals surface area contributed by atoms with Crippen molar-refractivity contribution in [1.29, 1.82) is 5.41 Å². The molecule has 0 bridgehead atoms. The van der Waals surface area contributed by atoms with Crippen molar-refractivity contribution in [3.63, 3.8) is 0 Å². The van der Waals surface area contributed by atoms with E-state index in [9.17, 15) is 0 Å². The van der Waals surface area contributed by atoms with E-state index in [-0.39, 0.29) is 5.96 Å². The van der Waals surface area contributed by atoms with E-state index < -0.39 is 0 Å². The standard InChI is InChI=1S/C21H19N5/c22-21(23)26(14-16-8-5-7-15-6-1-2-9-18(15)16)25-13-17-12-24-20-11-4-3-10-19(17)20/h1-13,24H,14H2,(H3,22,23). The molecule has 0 radical (unpaired) electrons. The molecule has 0 saturated heterocycles. The maximum atomic E-state index is 7.88. The van der Waals surface area contributed by atoms with Gasteiger partial charge in [-0.15, -0.1) is 0 Å². The summed E-state index contributed by atoms with van der Waals surface area (Å²) in [4.78, 5) is 3.22. The van der Waals surface area contributed by atoms with E-state index in [1.54, 1.807) is 6.21 Å². The Hall–Kier alpha value is -3.60. The highest BCUT2D eigenvalue weighted by Gasteiger charge is 2.09. The fraction of sp³-hybridized carbons (Fsp3) is 0.0476. The van der Waals surface area contributed by atoms with Crippen molar-refractivity contribution in [1.82, 2.24) is 9.99 Å². The second kappa shape index (κ2) is 6.72. The van der Waals surface area contributed by atoms with Gasteiger partial charge in [-0.3, -0.25) is 5.41 Å². The van der Waals surface area contributed by atoms with Crippen molar-refractivity contribution in [3.8, 4) is 0 Å². The molecule has 26 heavy (non-hydrogen) atoms. The Labute approximate surface area is 151 Å². The van der Waals surface area contributed by atoms with E-state index in [1.807, 2.05) is 54.7 Å². The van der Waals surface area contributed by atoms with Crippen molar-refractivity contribution >= 4 is 33.8 Å². The summed E-state index contributed by atoms with van der Waals surface area (Å²) in [5, 5.41) is 17.2. The number of hydrogen-bond donors (Lipinski definition) is 3. The fourth-order valence-corrected chi connectivity index (χ4v) is 3.11. The maximum absolute atomic E-state index is 7.88. The predicted molar refractivity (Wildman–Crippen MR) is 107 cm³/mol. The molecule has 4 N–H and O–H groups in total. The average molecular weight is 341 g/mol. The SMILES string of the molecule is N=C(N)N(Cc1cccc2ccccc12)N=Cc1c[nH]c2ccccc12. The number of fused-ring (bicyclic) bond motifs is 2. The molecular formula is C21H19N5. The van der Waals surface area contributed by atoms with Gasteiger partial charge in [0.1, 0.15) is 0 Å². The minimum atomic E-state index is -0.0889. The molecular weight excluding hydrogens is 322 g/mol. The summed E-state index contributed by atoms with van der Waals surface area (Å²) in [6.45, 7) is 0.440. The molecule has 5 heteroatoms. The molecule has 0 aliphatic rings. The molecule has 1 aromatic heterocycles. The highest BCUT2D eigenvalue weighted by molar-refractivity contribution is 5.99. The zero-order chi connectivity index (χ0) is 17.9. The Morgan fingerprint density at radius 2 is 1.73 bits per heavy atom. The summed E-state index contributed by atoms with van der Waals surface area (Å²) in [7, 11) is 0. The molecule has 128 valence electrons. The van der Waals surface area contributed by atoms with Crippen molar-refractivity contribution in [2.24, 2.45) is 10.8 Å². The van der Waals surface area contributed by atoms with Crippen molar-refractivity contribution in [2.45, 2.75) is 6.54 Å². The number of para-hydroxylation sites is 1. The quantitative estimate of drug-likeness (QED) is 0.297. The Balaban J connectivity index is 1.65. The Kier molecular flexibility index (Phi) is 4.11. The van der Waals surface area contributed by atoms with Crippen LogP contribution in [0.15, 0.2) is 78.0 Å². The Morgan fingerprint density at radius 1 is 1.00 bits per heavy atom. The zero-order valence-corrected chi connectivity index (χ0v) is 14.2. The van der Waals surface area contributed by atoms with Gasteiger partial charge < -0.3 is 10.7 Å². The van der Waals surface area contributed by atoms with Gasteiger partial charge in [-0.1, -0.05) is 60.7 Å². The molecule has 0 aliphatic heterocycles. The van der Waals surface area contributed by atoms with Crippen LogP contribution < -0.4 is 5.73 Å². The second-order valence-corrected chi connectivity index (χ2v) is 6.12. The molecule has 3 aromatic carbocycles. The number of aromatic amines is 1. The lowest BCUT2D eigenvalue weighted by Gasteiger charge is -2.17. The molecule has 0 unspecified atom stereocenters. The summed E-state index contributed by atoms with van der Waals surface area (Å²) < 4.78 is 0. The number of aromatic nitrogens is 1. The van der Waals surface area contributed by atoms with Crippen LogP contribution in [0.5, 0.6) is 0 Å². The molecule has 0 atom stereocenters. The molecule has 0 fully saturated rings. The van der Waals surface area contributed by atoms with Gasteiger partial charge in [-0.2, -0.15) is 5.10 Å². The third kappa shape index (κ3) is 3.02. The summed E-state index contributed by atoms with van der Waals surface area (Å²) in [5.41, 5.74) is 8.86. The number of rotatable bonds is 4. The van der Waals surface area contributed by atoms with Gasteiger partial charge in [-0.05, 0) is 22.4 Å². The lowest BCUT2D eigenvalue weighted by Crippen LogP contribution is -2.31. The number of H-pyrrole nitrogens is 1. The van der Waals surface area contributed by atoms with Crippen LogP contribution in [-0.2, 0) is 6.54 Å². The van der Waals surface area contributed by atoms with E-state index in [1.165, 1.54) is 5.01 Å². The predicted octanol–water partition coefficient (Wildman–Crippen LogP) is 4.05.